The smallest absolute Gasteiger partial charge is 0.119 e. The van der Waals surface area contributed by atoms with Gasteiger partial charge in [0.1, 0.15) is 5.75 Å². The predicted octanol–water partition coefficient (Wildman–Crippen LogP) is 10.1. The Labute approximate surface area is 272 Å². The molecule has 44 heavy (non-hydrogen) atoms. The maximum atomic E-state index is 5.81. The summed E-state index contributed by atoms with van der Waals surface area (Å²) in [5.74, 6) is 0.995. The van der Waals surface area contributed by atoms with Crippen molar-refractivity contribution in [2.24, 2.45) is 5.41 Å². The Bertz CT molecular complexity index is 1080. The lowest BCUT2D eigenvalue weighted by atomic mass is 9.87. The second-order valence-electron chi connectivity index (χ2n) is 15.6. The van der Waals surface area contributed by atoms with Crippen LogP contribution in [0.5, 0.6) is 5.75 Å². The van der Waals surface area contributed by atoms with Crippen LogP contribution in [0, 0.1) is 5.41 Å². The van der Waals surface area contributed by atoms with Gasteiger partial charge < -0.3 is 19.3 Å². The molecule has 0 aromatic heterocycles. The van der Waals surface area contributed by atoms with E-state index >= 15 is 0 Å². The van der Waals surface area contributed by atoms with Gasteiger partial charge >= 0.3 is 0 Å². The van der Waals surface area contributed by atoms with Crippen LogP contribution in [-0.4, -0.2) is 57.4 Å². The van der Waals surface area contributed by atoms with Crippen molar-refractivity contribution in [1.82, 2.24) is 4.90 Å². The summed E-state index contributed by atoms with van der Waals surface area (Å²) in [6.07, 6.45) is 10.7. The summed E-state index contributed by atoms with van der Waals surface area (Å²) >= 11 is 0. The summed E-state index contributed by atoms with van der Waals surface area (Å²) < 4.78 is 11.1. The maximum Gasteiger partial charge on any atom is 0.119 e. The molecule has 248 valence electrons. The third-order valence-corrected chi connectivity index (χ3v) is 8.25. The van der Waals surface area contributed by atoms with E-state index in [1.54, 1.807) is 7.11 Å². The van der Waals surface area contributed by atoms with E-state index in [0.29, 0.717) is 11.5 Å². The normalized spacial score (nSPS) is 17.7. The minimum Gasteiger partial charge on any atom is -0.494 e. The van der Waals surface area contributed by atoms with E-state index < -0.39 is 0 Å². The Hall–Kier alpha value is -2.30. The summed E-state index contributed by atoms with van der Waals surface area (Å²) in [6, 6.07) is 18.1. The highest BCUT2D eigenvalue weighted by molar-refractivity contribution is 5.51. The molecule has 2 aromatic carbocycles. The van der Waals surface area contributed by atoms with Gasteiger partial charge in [0.15, 0.2) is 0 Å². The first-order valence-corrected chi connectivity index (χ1v) is 17.1. The molecule has 0 spiro atoms. The van der Waals surface area contributed by atoms with Gasteiger partial charge in [-0.05, 0) is 104 Å². The molecule has 0 saturated carbocycles. The fourth-order valence-electron chi connectivity index (χ4n) is 5.73. The quantitative estimate of drug-likeness (QED) is 0.220. The number of nitrogens with zero attached hydrogens (tertiary/aromatic N) is 2. The van der Waals surface area contributed by atoms with Crippen molar-refractivity contribution in [3.63, 3.8) is 0 Å². The molecule has 0 radical (unpaired) electrons. The van der Waals surface area contributed by atoms with E-state index in [4.69, 9.17) is 9.47 Å². The van der Waals surface area contributed by atoms with E-state index in [-0.39, 0.29) is 10.8 Å². The van der Waals surface area contributed by atoms with Crippen LogP contribution in [-0.2, 0) is 15.6 Å². The molecule has 2 heterocycles. The minimum absolute atomic E-state index is 0.215. The molecular weight excluding hydrogens is 540 g/mol. The van der Waals surface area contributed by atoms with E-state index in [9.17, 15) is 0 Å². The Balaban J connectivity index is 0.000000254. The van der Waals surface area contributed by atoms with Gasteiger partial charge in [-0.3, -0.25) is 0 Å². The second-order valence-corrected chi connectivity index (χ2v) is 15.6. The number of likely N-dealkylation sites (tertiary alicyclic amines) is 1. The summed E-state index contributed by atoms with van der Waals surface area (Å²) in [5, 5.41) is 0. The number of hydrogen-bond donors (Lipinski definition) is 0. The molecular formula is C40H66N2O2. The van der Waals surface area contributed by atoms with Gasteiger partial charge in [0.05, 0.1) is 19.3 Å². The lowest BCUT2D eigenvalue weighted by Crippen LogP contribution is -2.32. The molecule has 0 bridgehead atoms. The number of rotatable bonds is 8. The molecule has 0 amide bonds. The van der Waals surface area contributed by atoms with Crippen LogP contribution >= 0.6 is 0 Å². The molecule has 2 aliphatic heterocycles. The average Bonchev–Trinajstić information content (AvgIpc) is 3.63. The molecule has 1 atom stereocenters. The summed E-state index contributed by atoms with van der Waals surface area (Å²) in [6.45, 7) is 28.7. The Morgan fingerprint density at radius 2 is 1.43 bits per heavy atom. The first-order valence-electron chi connectivity index (χ1n) is 17.1. The van der Waals surface area contributed by atoms with Crippen LogP contribution in [0.1, 0.15) is 112 Å². The number of ether oxygens (including phenoxy) is 2. The summed E-state index contributed by atoms with van der Waals surface area (Å²) in [4.78, 5) is 5.03. The monoisotopic (exact) mass is 607 g/mol. The van der Waals surface area contributed by atoms with Crippen LogP contribution in [0.4, 0.5) is 5.69 Å². The third kappa shape index (κ3) is 14.2. The highest BCUT2D eigenvalue weighted by Crippen LogP contribution is 2.30. The standard InChI is InChI=1S/C17H27NO.C16H25NO.C7H14/c1-17(2,3)15-7-9-16(10-8-15)19-14-6-13-18-11-4-5-12-18;1-16(2,3)13-7-5-8-14(11-13)17-10-6-9-15(17)12-18-4;1-5-6-7(2,3)4/h7-10H,4-6,11-14H2,1-3H3;5,7-8,11,15H,6,9-10,12H2,1-4H3;5-6H,1-4H3/b;;6-5+. The highest BCUT2D eigenvalue weighted by atomic mass is 16.5. The molecule has 2 fully saturated rings. The zero-order valence-corrected chi connectivity index (χ0v) is 30.3. The van der Waals surface area contributed by atoms with E-state index in [1.807, 2.05) is 6.92 Å². The fourth-order valence-corrected chi connectivity index (χ4v) is 5.73. The van der Waals surface area contributed by atoms with E-state index in [1.165, 1.54) is 62.1 Å². The van der Waals surface area contributed by atoms with Gasteiger partial charge in [-0.25, -0.2) is 0 Å². The SMILES string of the molecule is C/C=C/C(C)(C)C.CC(C)(C)c1ccc(OCCCN2CCCC2)cc1.COCC1CCCN1c1cccc(C(C)(C)C)c1. The Kier molecular flexibility index (Phi) is 15.5. The first kappa shape index (κ1) is 37.9. The van der Waals surface area contributed by atoms with Crippen LogP contribution in [0.25, 0.3) is 0 Å². The molecule has 2 aliphatic rings. The van der Waals surface area contributed by atoms with Gasteiger partial charge in [0, 0.05) is 25.9 Å². The number of benzene rings is 2. The average molecular weight is 607 g/mol. The highest BCUT2D eigenvalue weighted by Gasteiger charge is 2.25. The van der Waals surface area contributed by atoms with Gasteiger partial charge in [-0.2, -0.15) is 0 Å². The number of hydrogen-bond acceptors (Lipinski definition) is 4. The lowest BCUT2D eigenvalue weighted by Gasteiger charge is -2.28. The van der Waals surface area contributed by atoms with Crippen LogP contribution in [0.15, 0.2) is 60.7 Å². The summed E-state index contributed by atoms with van der Waals surface area (Å²) in [5.41, 5.74) is 4.91. The molecule has 1 unspecified atom stereocenters. The van der Waals surface area contributed by atoms with Crippen LogP contribution in [0.2, 0.25) is 0 Å². The molecule has 4 nitrogen and oxygen atoms in total. The molecule has 0 aliphatic carbocycles. The zero-order chi connectivity index (χ0) is 32.8. The zero-order valence-electron chi connectivity index (χ0n) is 30.3. The Morgan fingerprint density at radius 1 is 0.795 bits per heavy atom. The van der Waals surface area contributed by atoms with Crippen molar-refractivity contribution in [3.05, 3.63) is 71.8 Å². The molecule has 4 heteroatoms. The van der Waals surface area contributed by atoms with Gasteiger partial charge in [-0.15, -0.1) is 0 Å². The third-order valence-electron chi connectivity index (χ3n) is 8.25. The molecule has 2 aromatic rings. The van der Waals surface area contributed by atoms with Crippen molar-refractivity contribution >= 4 is 5.69 Å². The maximum absolute atomic E-state index is 5.81. The van der Waals surface area contributed by atoms with E-state index in [0.717, 1.165) is 31.9 Å². The number of anilines is 1. The largest absolute Gasteiger partial charge is 0.494 e. The minimum atomic E-state index is 0.215. The van der Waals surface area contributed by atoms with E-state index in [2.05, 4.69) is 133 Å². The topological polar surface area (TPSA) is 24.9 Å². The second kappa shape index (κ2) is 18.0. The van der Waals surface area contributed by atoms with Crippen molar-refractivity contribution in [2.75, 3.05) is 51.4 Å². The van der Waals surface area contributed by atoms with Gasteiger partial charge in [-0.1, -0.05) is 98.7 Å². The lowest BCUT2D eigenvalue weighted by molar-refractivity contribution is 0.181. The first-order chi connectivity index (χ1) is 20.6. The Morgan fingerprint density at radius 3 is 1.95 bits per heavy atom. The predicted molar refractivity (Wildman–Crippen MR) is 193 cm³/mol. The van der Waals surface area contributed by atoms with Crippen LogP contribution in [0.3, 0.4) is 0 Å². The fraction of sp³-hybridized carbons (Fsp3) is 0.650. The van der Waals surface area contributed by atoms with Crippen molar-refractivity contribution < 1.29 is 9.47 Å². The molecule has 4 rings (SSSR count). The number of allylic oxidation sites excluding steroid dienone is 2. The van der Waals surface area contributed by atoms with Crippen molar-refractivity contribution in [3.8, 4) is 5.75 Å². The molecule has 0 N–H and O–H groups in total. The van der Waals surface area contributed by atoms with Crippen molar-refractivity contribution in [2.45, 2.75) is 118 Å². The summed E-state index contributed by atoms with van der Waals surface area (Å²) in [7, 11) is 1.79. The van der Waals surface area contributed by atoms with Crippen LogP contribution < -0.4 is 9.64 Å². The van der Waals surface area contributed by atoms with Gasteiger partial charge in [0.2, 0.25) is 0 Å². The van der Waals surface area contributed by atoms with Gasteiger partial charge in [0.25, 0.3) is 0 Å². The number of methoxy groups -OCH3 is 1. The van der Waals surface area contributed by atoms with Crippen molar-refractivity contribution in [1.29, 1.82) is 0 Å². The molecule has 2 saturated heterocycles.